The SMILES string of the molecule is CCCS(=O)(=O)Nc1ccc(-c2csc(C)n2)cc1. The van der Waals surface area contributed by atoms with Crippen molar-refractivity contribution in [3.8, 4) is 11.3 Å². The van der Waals surface area contributed by atoms with E-state index < -0.39 is 10.0 Å². The highest BCUT2D eigenvalue weighted by atomic mass is 32.2. The molecule has 6 heteroatoms. The van der Waals surface area contributed by atoms with E-state index in [9.17, 15) is 8.42 Å². The molecule has 2 aromatic rings. The molecule has 0 spiro atoms. The van der Waals surface area contributed by atoms with E-state index >= 15 is 0 Å². The largest absolute Gasteiger partial charge is 0.284 e. The fourth-order valence-electron chi connectivity index (χ4n) is 1.70. The number of thiazole rings is 1. The van der Waals surface area contributed by atoms with Crippen molar-refractivity contribution in [2.45, 2.75) is 20.3 Å². The maximum absolute atomic E-state index is 11.6. The van der Waals surface area contributed by atoms with E-state index in [1.807, 2.05) is 31.4 Å². The summed E-state index contributed by atoms with van der Waals surface area (Å²) in [6, 6.07) is 7.27. The smallest absolute Gasteiger partial charge is 0.232 e. The van der Waals surface area contributed by atoms with Crippen molar-refractivity contribution in [2.75, 3.05) is 10.5 Å². The monoisotopic (exact) mass is 296 g/mol. The van der Waals surface area contributed by atoms with E-state index in [-0.39, 0.29) is 5.75 Å². The number of anilines is 1. The van der Waals surface area contributed by atoms with Gasteiger partial charge in [-0.05, 0) is 25.5 Å². The normalized spacial score (nSPS) is 11.5. The molecule has 0 unspecified atom stereocenters. The molecule has 102 valence electrons. The zero-order valence-electron chi connectivity index (χ0n) is 10.9. The lowest BCUT2D eigenvalue weighted by Gasteiger charge is -2.07. The fourth-order valence-corrected chi connectivity index (χ4v) is 3.46. The third kappa shape index (κ3) is 3.78. The summed E-state index contributed by atoms with van der Waals surface area (Å²) >= 11 is 1.60. The summed E-state index contributed by atoms with van der Waals surface area (Å²) in [5, 5.41) is 3.01. The fraction of sp³-hybridized carbons (Fsp3) is 0.308. The number of hydrogen-bond donors (Lipinski definition) is 1. The van der Waals surface area contributed by atoms with Crippen LogP contribution in [0.25, 0.3) is 11.3 Å². The van der Waals surface area contributed by atoms with Crippen LogP contribution in [0, 0.1) is 6.92 Å². The number of rotatable bonds is 5. The summed E-state index contributed by atoms with van der Waals surface area (Å²) in [6.07, 6.45) is 0.603. The summed E-state index contributed by atoms with van der Waals surface area (Å²) in [4.78, 5) is 4.39. The molecule has 0 atom stereocenters. The minimum absolute atomic E-state index is 0.139. The highest BCUT2D eigenvalue weighted by Gasteiger charge is 2.09. The van der Waals surface area contributed by atoms with Crippen LogP contribution in [-0.4, -0.2) is 19.2 Å². The van der Waals surface area contributed by atoms with Crippen LogP contribution in [0.5, 0.6) is 0 Å². The third-order valence-corrected chi connectivity index (χ3v) is 4.81. The molecule has 0 aliphatic carbocycles. The number of aryl methyl sites for hydroxylation is 1. The lowest BCUT2D eigenvalue weighted by atomic mass is 10.1. The van der Waals surface area contributed by atoms with Gasteiger partial charge in [-0.15, -0.1) is 11.3 Å². The molecule has 0 amide bonds. The molecular weight excluding hydrogens is 280 g/mol. The molecule has 4 nitrogen and oxygen atoms in total. The highest BCUT2D eigenvalue weighted by molar-refractivity contribution is 7.92. The molecule has 2 rings (SSSR count). The molecule has 0 bridgehead atoms. The Morgan fingerprint density at radius 2 is 1.95 bits per heavy atom. The van der Waals surface area contributed by atoms with Crippen LogP contribution in [0.4, 0.5) is 5.69 Å². The van der Waals surface area contributed by atoms with Crippen LogP contribution in [0.3, 0.4) is 0 Å². The van der Waals surface area contributed by atoms with Gasteiger partial charge in [0.25, 0.3) is 0 Å². The summed E-state index contributed by atoms with van der Waals surface area (Å²) in [5.74, 6) is 0.139. The molecule has 1 aromatic heterocycles. The predicted molar refractivity (Wildman–Crippen MR) is 80.0 cm³/mol. The van der Waals surface area contributed by atoms with Crippen molar-refractivity contribution >= 4 is 27.0 Å². The quantitative estimate of drug-likeness (QED) is 0.921. The van der Waals surface area contributed by atoms with E-state index in [2.05, 4.69) is 9.71 Å². The van der Waals surface area contributed by atoms with Gasteiger partial charge in [0.15, 0.2) is 0 Å². The second-order valence-corrected chi connectivity index (χ2v) is 7.15. The molecule has 19 heavy (non-hydrogen) atoms. The van der Waals surface area contributed by atoms with Crippen molar-refractivity contribution in [3.05, 3.63) is 34.7 Å². The van der Waals surface area contributed by atoms with Crippen LogP contribution in [0.2, 0.25) is 0 Å². The average Bonchev–Trinajstić information content (AvgIpc) is 2.76. The molecule has 0 fully saturated rings. The molecule has 0 aliphatic heterocycles. The lowest BCUT2D eigenvalue weighted by molar-refractivity contribution is 0.600. The third-order valence-electron chi connectivity index (χ3n) is 2.55. The van der Waals surface area contributed by atoms with Crippen LogP contribution < -0.4 is 4.72 Å². The second kappa shape index (κ2) is 5.71. The van der Waals surface area contributed by atoms with Gasteiger partial charge in [0, 0.05) is 16.6 Å². The van der Waals surface area contributed by atoms with Crippen LogP contribution in [0.15, 0.2) is 29.6 Å². The van der Waals surface area contributed by atoms with Gasteiger partial charge in [0.2, 0.25) is 10.0 Å². The minimum Gasteiger partial charge on any atom is -0.284 e. The minimum atomic E-state index is -3.22. The molecule has 1 aromatic carbocycles. The number of nitrogens with zero attached hydrogens (tertiary/aromatic N) is 1. The molecule has 0 radical (unpaired) electrons. The van der Waals surface area contributed by atoms with E-state index in [0.717, 1.165) is 16.3 Å². The number of aromatic nitrogens is 1. The lowest BCUT2D eigenvalue weighted by Crippen LogP contribution is -2.15. The standard InChI is InChI=1S/C13H16N2O2S2/c1-3-8-19(16,17)15-12-6-4-11(5-7-12)13-9-18-10(2)14-13/h4-7,9,15H,3,8H2,1-2H3. The number of nitrogens with one attached hydrogen (secondary N) is 1. The Balaban J connectivity index is 2.15. The number of benzene rings is 1. The first kappa shape index (κ1) is 14.0. The van der Waals surface area contributed by atoms with Gasteiger partial charge >= 0.3 is 0 Å². The van der Waals surface area contributed by atoms with Gasteiger partial charge in [-0.2, -0.15) is 0 Å². The van der Waals surface area contributed by atoms with Crippen molar-refractivity contribution in [2.24, 2.45) is 0 Å². The van der Waals surface area contributed by atoms with Gasteiger partial charge in [0.05, 0.1) is 16.5 Å². The van der Waals surface area contributed by atoms with Crippen molar-refractivity contribution in [1.29, 1.82) is 0 Å². The topological polar surface area (TPSA) is 59.1 Å². The zero-order chi connectivity index (χ0) is 13.9. The Hall–Kier alpha value is -1.40. The zero-order valence-corrected chi connectivity index (χ0v) is 12.5. The van der Waals surface area contributed by atoms with E-state index in [4.69, 9.17) is 0 Å². The van der Waals surface area contributed by atoms with Gasteiger partial charge in [-0.25, -0.2) is 13.4 Å². The summed E-state index contributed by atoms with van der Waals surface area (Å²) in [5.41, 5.74) is 2.50. The van der Waals surface area contributed by atoms with E-state index in [0.29, 0.717) is 12.1 Å². The molecule has 1 N–H and O–H groups in total. The van der Waals surface area contributed by atoms with Crippen molar-refractivity contribution in [3.63, 3.8) is 0 Å². The maximum Gasteiger partial charge on any atom is 0.232 e. The molecule has 0 aliphatic rings. The van der Waals surface area contributed by atoms with Crippen molar-refractivity contribution < 1.29 is 8.42 Å². The number of hydrogen-bond acceptors (Lipinski definition) is 4. The van der Waals surface area contributed by atoms with Crippen molar-refractivity contribution in [1.82, 2.24) is 4.98 Å². The first-order valence-electron chi connectivity index (χ1n) is 6.03. The summed E-state index contributed by atoms with van der Waals surface area (Å²) in [6.45, 7) is 3.80. The van der Waals surface area contributed by atoms with E-state index in [1.54, 1.807) is 23.5 Å². The van der Waals surface area contributed by atoms with E-state index in [1.165, 1.54) is 0 Å². The Kier molecular flexibility index (Phi) is 4.21. The van der Waals surface area contributed by atoms with Gasteiger partial charge in [-0.3, -0.25) is 4.72 Å². The second-order valence-electron chi connectivity index (χ2n) is 4.25. The molecular formula is C13H16N2O2S2. The summed E-state index contributed by atoms with van der Waals surface area (Å²) in [7, 11) is -3.22. The summed E-state index contributed by atoms with van der Waals surface area (Å²) < 4.78 is 25.8. The molecule has 1 heterocycles. The van der Waals surface area contributed by atoms with Gasteiger partial charge in [0.1, 0.15) is 0 Å². The first-order chi connectivity index (χ1) is 9.00. The average molecular weight is 296 g/mol. The molecule has 0 saturated carbocycles. The van der Waals surface area contributed by atoms with Gasteiger partial charge < -0.3 is 0 Å². The Bertz CT molecular complexity index is 646. The van der Waals surface area contributed by atoms with Crippen LogP contribution in [0.1, 0.15) is 18.4 Å². The Morgan fingerprint density at radius 1 is 1.26 bits per heavy atom. The Morgan fingerprint density at radius 3 is 2.47 bits per heavy atom. The van der Waals surface area contributed by atoms with Crippen LogP contribution in [-0.2, 0) is 10.0 Å². The van der Waals surface area contributed by atoms with Gasteiger partial charge in [-0.1, -0.05) is 19.1 Å². The number of sulfonamides is 1. The highest BCUT2D eigenvalue weighted by Crippen LogP contribution is 2.23. The van der Waals surface area contributed by atoms with Crippen LogP contribution >= 0.6 is 11.3 Å². The maximum atomic E-state index is 11.6. The Labute approximate surface area is 117 Å². The predicted octanol–water partition coefficient (Wildman–Crippen LogP) is 3.27. The first-order valence-corrected chi connectivity index (χ1v) is 8.56. The molecule has 0 saturated heterocycles.